The molecule has 0 fully saturated rings. The van der Waals surface area contributed by atoms with E-state index in [1.165, 1.54) is 199 Å². The predicted molar refractivity (Wildman–Crippen MR) is 453 cm³/mol. The van der Waals surface area contributed by atoms with E-state index in [0.717, 1.165) is 128 Å². The van der Waals surface area contributed by atoms with Crippen LogP contribution >= 0.6 is 0 Å². The molecule has 2 unspecified atom stereocenters. The Morgan fingerprint density at radius 3 is 0.810 bits per heavy atom. The smallest absolute Gasteiger partial charge is 0.306 e. The van der Waals surface area contributed by atoms with Crippen molar-refractivity contribution < 1.29 is 42.9 Å². The molecule has 0 N–H and O–H groups in total. The monoisotopic (exact) mass is 1460 g/mol. The molecule has 0 aliphatic carbocycles. The zero-order valence-electron chi connectivity index (χ0n) is 68.5. The van der Waals surface area contributed by atoms with Crippen molar-refractivity contribution in [3.63, 3.8) is 0 Å². The molecule has 0 saturated heterocycles. The number of ether oxygens (including phenoxy) is 4. The fourth-order valence-electron chi connectivity index (χ4n) is 11.9. The van der Waals surface area contributed by atoms with Gasteiger partial charge in [0, 0.05) is 12.8 Å². The van der Waals surface area contributed by atoms with Crippen molar-refractivity contribution in [1.29, 1.82) is 0 Å². The van der Waals surface area contributed by atoms with Crippen LogP contribution in [0.4, 0.5) is 0 Å². The summed E-state index contributed by atoms with van der Waals surface area (Å²) in [6.45, 7) is 4.63. The fourth-order valence-corrected chi connectivity index (χ4v) is 11.9. The molecule has 0 aromatic heterocycles. The van der Waals surface area contributed by atoms with Gasteiger partial charge in [-0.05, 0) is 135 Å². The first-order chi connectivity index (χ1) is 51.6. The number of nitrogens with zero attached hydrogens (tertiary/aromatic N) is 1. The minimum atomic E-state index is -1.63. The highest BCUT2D eigenvalue weighted by atomic mass is 16.7. The number of allylic oxidation sites excluding steroid dienone is 28. The molecule has 9 heteroatoms. The number of aliphatic carboxylic acids is 1. The number of unbranched alkanes of at least 4 members (excludes halogenated alkanes) is 36. The molecular weight excluding hydrogens is 1300 g/mol. The highest BCUT2D eigenvalue weighted by molar-refractivity contribution is 5.70. The highest BCUT2D eigenvalue weighted by Gasteiger charge is 2.22. The van der Waals surface area contributed by atoms with Gasteiger partial charge in [0.2, 0.25) is 0 Å². The number of carbonyl (C=O) groups is 3. The number of rotatable bonds is 79. The zero-order chi connectivity index (χ0) is 76.0. The summed E-state index contributed by atoms with van der Waals surface area (Å²) < 4.78 is 22.9. The molecule has 598 valence electrons. The van der Waals surface area contributed by atoms with Crippen LogP contribution in [0.25, 0.3) is 0 Å². The van der Waals surface area contributed by atoms with E-state index in [4.69, 9.17) is 18.9 Å². The summed E-state index contributed by atoms with van der Waals surface area (Å²) >= 11 is 0. The quantitative estimate of drug-likeness (QED) is 0.0195. The first-order valence-electron chi connectivity index (χ1n) is 43.3. The number of likely N-dealkylation sites (N-methyl/N-ethyl adjacent to an activating group) is 1. The first kappa shape index (κ1) is 99.7. The maximum atomic E-state index is 13.0. The minimum absolute atomic E-state index is 0.139. The molecule has 0 aromatic rings. The summed E-state index contributed by atoms with van der Waals surface area (Å²) in [6.07, 6.45) is 123. The number of hydrogen-bond donors (Lipinski definition) is 0. The van der Waals surface area contributed by atoms with E-state index in [9.17, 15) is 19.5 Å². The number of hydrogen-bond acceptors (Lipinski definition) is 8. The van der Waals surface area contributed by atoms with Gasteiger partial charge in [-0.1, -0.05) is 383 Å². The van der Waals surface area contributed by atoms with E-state index in [0.29, 0.717) is 17.4 Å². The average molecular weight is 1460 g/mol. The molecule has 0 saturated carbocycles. The van der Waals surface area contributed by atoms with Crippen LogP contribution in [0.15, 0.2) is 170 Å². The lowest BCUT2D eigenvalue weighted by Crippen LogP contribution is -2.44. The second-order valence-electron chi connectivity index (χ2n) is 29.7. The van der Waals surface area contributed by atoms with Gasteiger partial charge >= 0.3 is 11.9 Å². The maximum absolute atomic E-state index is 13.0. The Morgan fingerprint density at radius 2 is 0.543 bits per heavy atom. The Hall–Kier alpha value is -5.35. The van der Waals surface area contributed by atoms with Crippen molar-refractivity contribution in [1.82, 2.24) is 0 Å². The fraction of sp³-hybridized carbons (Fsp3) is 0.677. The molecule has 0 spiro atoms. The van der Waals surface area contributed by atoms with E-state index < -0.39 is 24.3 Å². The largest absolute Gasteiger partial charge is 0.545 e. The van der Waals surface area contributed by atoms with E-state index in [1.54, 1.807) is 0 Å². The zero-order valence-corrected chi connectivity index (χ0v) is 68.5. The van der Waals surface area contributed by atoms with Crippen LogP contribution in [0.5, 0.6) is 0 Å². The summed E-state index contributed by atoms with van der Waals surface area (Å²) in [7, 11) is 5.93. The Bertz CT molecular complexity index is 2350. The lowest BCUT2D eigenvalue weighted by Gasteiger charge is -2.26. The number of esters is 2. The van der Waals surface area contributed by atoms with Gasteiger partial charge in [0.1, 0.15) is 13.2 Å². The van der Waals surface area contributed by atoms with Crippen LogP contribution in [-0.4, -0.2) is 82.3 Å². The van der Waals surface area contributed by atoms with Crippen molar-refractivity contribution in [3.8, 4) is 0 Å². The van der Waals surface area contributed by atoms with Gasteiger partial charge in [-0.15, -0.1) is 0 Å². The molecule has 9 nitrogen and oxygen atoms in total. The minimum Gasteiger partial charge on any atom is -0.545 e. The highest BCUT2D eigenvalue weighted by Crippen LogP contribution is 2.18. The Labute approximate surface area is 647 Å². The lowest BCUT2D eigenvalue weighted by molar-refractivity contribution is -0.870. The molecule has 105 heavy (non-hydrogen) atoms. The van der Waals surface area contributed by atoms with Crippen LogP contribution in [0.2, 0.25) is 0 Å². The van der Waals surface area contributed by atoms with Crippen LogP contribution in [-0.2, 0) is 33.3 Å². The van der Waals surface area contributed by atoms with Crippen LogP contribution in [0, 0.1) is 0 Å². The SMILES string of the molecule is CC/C=C\C/C=C\C/C=C\C/C=C\C/C=C\C/C=C\C/C=C\C/C=C\C/C=C\C/C=C\C/C=C\CCCCCCCCCC(=O)OC(COC(=O)CCCCCCCCCCCCCCCCCCCCCCCCCC/C=C\C/C=C\C/C=C\CCCCCCC)COC(OCC[N+](C)(C)C)C(=O)[O-]. The molecule has 0 amide bonds. The molecule has 0 bridgehead atoms. The molecule has 0 aliphatic heterocycles. The second-order valence-corrected chi connectivity index (χ2v) is 29.7. The van der Waals surface area contributed by atoms with Gasteiger partial charge in [-0.3, -0.25) is 9.59 Å². The third kappa shape index (κ3) is 85.8. The molecule has 0 heterocycles. The number of carboxylic acids is 1. The Morgan fingerprint density at radius 1 is 0.295 bits per heavy atom. The van der Waals surface area contributed by atoms with Gasteiger partial charge in [-0.25, -0.2) is 0 Å². The van der Waals surface area contributed by atoms with Gasteiger partial charge in [0.05, 0.1) is 40.3 Å². The third-order valence-electron chi connectivity index (χ3n) is 18.4. The Balaban J connectivity index is 4.06. The van der Waals surface area contributed by atoms with E-state index in [2.05, 4.69) is 184 Å². The van der Waals surface area contributed by atoms with Crippen LogP contribution < -0.4 is 5.11 Å². The topological polar surface area (TPSA) is 111 Å². The lowest BCUT2D eigenvalue weighted by atomic mass is 10.0. The number of quaternary nitrogens is 1. The van der Waals surface area contributed by atoms with E-state index in [1.807, 2.05) is 21.1 Å². The van der Waals surface area contributed by atoms with Gasteiger partial charge in [0.15, 0.2) is 12.4 Å². The van der Waals surface area contributed by atoms with Crippen molar-refractivity contribution in [2.45, 2.75) is 373 Å². The van der Waals surface area contributed by atoms with Gasteiger partial charge < -0.3 is 33.3 Å². The molecule has 0 aromatic carbocycles. The van der Waals surface area contributed by atoms with E-state index >= 15 is 0 Å². The normalized spacial score (nSPS) is 13.5. The summed E-state index contributed by atoms with van der Waals surface area (Å²) in [6, 6.07) is 0. The summed E-state index contributed by atoms with van der Waals surface area (Å²) in [5.74, 6) is -2.30. The van der Waals surface area contributed by atoms with Crippen LogP contribution in [0.1, 0.15) is 361 Å². The van der Waals surface area contributed by atoms with Crippen LogP contribution in [0.3, 0.4) is 0 Å². The molecular formula is C96H161NO8. The number of carboxylic acid groups (broad SMARTS) is 1. The van der Waals surface area contributed by atoms with Crippen molar-refractivity contribution in [2.75, 3.05) is 47.5 Å². The van der Waals surface area contributed by atoms with Crippen molar-refractivity contribution in [2.24, 2.45) is 0 Å². The standard InChI is InChI=1S/C96H161NO8/c1-6-8-10-12-14-16-18-20-22-24-26-28-30-32-34-36-38-40-42-44-46-47-49-51-53-55-57-59-61-63-65-67-69-71-73-75-77-79-81-83-85-87-94(99)105-92(91-104-96(95(100)101)102-89-88-97(3,4)5)90-103-93(98)86-84-82-80-78-76-74-72-70-68-66-64-62-60-58-56-54-52-50-48-45-43-41-39-37-35-33-31-29-27-25-23-21-19-17-15-13-11-9-7-2/h8,10,14,16,19-22,25-28,31-34,38,40,44,46,49,51,55,57,61,63,67,69,92,96H,6-7,9,11-13,15,17-18,23-24,29-30,35-37,39,41-43,45,47-48,50,52-54,56,58-60,62,64-66,68,70-91H2,1-5H3/b10-8-,16-14-,21-19-,22-20-,27-25-,28-26-,33-31-,34-32-,40-38-,46-44-,51-49-,57-55-,63-61-,69-67-. The van der Waals surface area contributed by atoms with E-state index in [-0.39, 0.29) is 38.6 Å². The Kier molecular flexibility index (Phi) is 80.0. The molecule has 0 rings (SSSR count). The predicted octanol–water partition coefficient (Wildman–Crippen LogP) is 27.1. The number of carbonyl (C=O) groups excluding carboxylic acids is 3. The third-order valence-corrected chi connectivity index (χ3v) is 18.4. The molecule has 0 aliphatic rings. The molecule has 2 atom stereocenters. The van der Waals surface area contributed by atoms with Crippen molar-refractivity contribution in [3.05, 3.63) is 170 Å². The summed E-state index contributed by atoms with van der Waals surface area (Å²) in [5, 5.41) is 11.9. The summed E-state index contributed by atoms with van der Waals surface area (Å²) in [4.78, 5) is 37.7. The average Bonchev–Trinajstić information content (AvgIpc) is 1.18. The summed E-state index contributed by atoms with van der Waals surface area (Å²) in [5.41, 5.74) is 0. The molecule has 0 radical (unpaired) electrons. The van der Waals surface area contributed by atoms with Gasteiger partial charge in [-0.2, -0.15) is 0 Å². The second kappa shape index (κ2) is 84.3. The first-order valence-corrected chi connectivity index (χ1v) is 43.3. The maximum Gasteiger partial charge on any atom is 0.306 e. The van der Waals surface area contributed by atoms with Gasteiger partial charge in [0.25, 0.3) is 0 Å². The van der Waals surface area contributed by atoms with Crippen molar-refractivity contribution >= 4 is 17.9 Å².